The van der Waals surface area contributed by atoms with Gasteiger partial charge in [-0.1, -0.05) is 327 Å². The Kier molecular flexibility index (Phi) is 56.9. The summed E-state index contributed by atoms with van der Waals surface area (Å²) in [5.41, 5.74) is 0. The van der Waals surface area contributed by atoms with Crippen molar-refractivity contribution in [3.8, 4) is 0 Å². The molecular formula is C66H131N2O6P. The number of phosphoric ester groups is 1. The minimum Gasteiger partial charge on any atom is -0.756 e. The molecule has 3 atom stereocenters. The summed E-state index contributed by atoms with van der Waals surface area (Å²) >= 11 is 0. The van der Waals surface area contributed by atoms with Gasteiger partial charge >= 0.3 is 0 Å². The number of likely N-dealkylation sites (N-methyl/N-ethyl adjacent to an activating group) is 1. The first-order valence-electron chi connectivity index (χ1n) is 33.2. The molecule has 446 valence electrons. The number of unbranched alkanes of at least 4 members (excludes halogenated alkanes) is 47. The Bertz CT molecular complexity index is 1270. The lowest BCUT2D eigenvalue weighted by molar-refractivity contribution is -0.870. The third-order valence-corrected chi connectivity index (χ3v) is 16.4. The molecule has 0 aromatic heterocycles. The van der Waals surface area contributed by atoms with Crippen molar-refractivity contribution in [2.45, 2.75) is 353 Å². The average molecular weight is 1080 g/mol. The number of carbonyl (C=O) groups excluding carboxylic acids is 1. The highest BCUT2D eigenvalue weighted by molar-refractivity contribution is 7.45. The maximum Gasteiger partial charge on any atom is 0.268 e. The molecule has 0 aliphatic heterocycles. The van der Waals surface area contributed by atoms with Crippen LogP contribution in [0.1, 0.15) is 341 Å². The van der Waals surface area contributed by atoms with E-state index in [1.807, 2.05) is 27.2 Å². The number of nitrogens with one attached hydrogen (secondary N) is 1. The number of aliphatic hydroxyl groups excluding tert-OH is 1. The highest BCUT2D eigenvalue weighted by Gasteiger charge is 2.23. The van der Waals surface area contributed by atoms with E-state index in [1.54, 1.807) is 6.08 Å². The fourth-order valence-electron chi connectivity index (χ4n) is 10.2. The van der Waals surface area contributed by atoms with E-state index in [2.05, 4.69) is 31.3 Å². The summed E-state index contributed by atoms with van der Waals surface area (Å²) < 4.78 is 23.4. The largest absolute Gasteiger partial charge is 0.756 e. The monoisotopic (exact) mass is 1080 g/mol. The van der Waals surface area contributed by atoms with Crippen LogP contribution in [-0.2, 0) is 18.4 Å². The van der Waals surface area contributed by atoms with Crippen LogP contribution < -0.4 is 10.2 Å². The van der Waals surface area contributed by atoms with E-state index in [1.165, 1.54) is 283 Å². The molecule has 0 rings (SSSR count). The Morgan fingerprint density at radius 3 is 1.08 bits per heavy atom. The summed E-state index contributed by atoms with van der Waals surface area (Å²) in [5.74, 6) is -0.200. The Morgan fingerprint density at radius 1 is 0.453 bits per heavy atom. The van der Waals surface area contributed by atoms with Gasteiger partial charge in [-0.3, -0.25) is 9.36 Å². The Hall–Kier alpha value is -1.02. The molecule has 0 spiro atoms. The van der Waals surface area contributed by atoms with Crippen LogP contribution >= 0.6 is 7.82 Å². The predicted octanol–water partition coefficient (Wildman–Crippen LogP) is 20.1. The van der Waals surface area contributed by atoms with Gasteiger partial charge in [-0.2, -0.15) is 0 Å². The van der Waals surface area contributed by atoms with Gasteiger partial charge in [0.15, 0.2) is 0 Å². The van der Waals surface area contributed by atoms with Crippen LogP contribution in [-0.4, -0.2) is 68.5 Å². The number of hydrogen-bond acceptors (Lipinski definition) is 6. The number of phosphoric acid groups is 1. The smallest absolute Gasteiger partial charge is 0.268 e. The third-order valence-electron chi connectivity index (χ3n) is 15.4. The molecule has 8 nitrogen and oxygen atoms in total. The minimum absolute atomic E-state index is 0.00368. The van der Waals surface area contributed by atoms with Crippen molar-refractivity contribution in [3.63, 3.8) is 0 Å². The zero-order chi connectivity index (χ0) is 54.9. The number of amides is 1. The van der Waals surface area contributed by atoms with E-state index in [-0.39, 0.29) is 19.1 Å². The van der Waals surface area contributed by atoms with Crippen molar-refractivity contribution in [3.05, 3.63) is 24.3 Å². The van der Waals surface area contributed by atoms with Crippen molar-refractivity contribution in [2.24, 2.45) is 0 Å². The molecule has 1 amide bonds. The lowest BCUT2D eigenvalue weighted by atomic mass is 10.0. The zero-order valence-corrected chi connectivity index (χ0v) is 51.9. The normalized spacial score (nSPS) is 13.9. The van der Waals surface area contributed by atoms with Gasteiger partial charge in [0, 0.05) is 6.42 Å². The Balaban J connectivity index is 3.95. The molecular weight excluding hydrogens is 948 g/mol. The maximum atomic E-state index is 13.0. The molecule has 0 radical (unpaired) electrons. The zero-order valence-electron chi connectivity index (χ0n) is 51.0. The fourth-order valence-corrected chi connectivity index (χ4v) is 11.0. The third kappa shape index (κ3) is 60.5. The van der Waals surface area contributed by atoms with Crippen LogP contribution in [0.25, 0.3) is 0 Å². The maximum absolute atomic E-state index is 13.0. The first kappa shape index (κ1) is 74.0. The molecule has 0 aliphatic carbocycles. The number of quaternary nitrogens is 1. The van der Waals surface area contributed by atoms with Gasteiger partial charge in [0.1, 0.15) is 13.2 Å². The summed E-state index contributed by atoms with van der Waals surface area (Å²) in [5, 5.41) is 13.9. The second kappa shape index (κ2) is 57.7. The second-order valence-electron chi connectivity index (χ2n) is 24.2. The van der Waals surface area contributed by atoms with Gasteiger partial charge in [0.05, 0.1) is 39.9 Å². The van der Waals surface area contributed by atoms with Gasteiger partial charge in [-0.25, -0.2) is 0 Å². The molecule has 75 heavy (non-hydrogen) atoms. The first-order chi connectivity index (χ1) is 36.5. The van der Waals surface area contributed by atoms with Crippen molar-refractivity contribution in [2.75, 3.05) is 40.9 Å². The molecule has 0 aromatic rings. The number of carbonyl (C=O) groups is 1. The highest BCUT2D eigenvalue weighted by Crippen LogP contribution is 2.38. The second-order valence-corrected chi connectivity index (χ2v) is 25.6. The summed E-state index contributed by atoms with van der Waals surface area (Å²) in [7, 11) is 1.26. The van der Waals surface area contributed by atoms with Crippen molar-refractivity contribution < 1.29 is 32.9 Å². The van der Waals surface area contributed by atoms with E-state index in [9.17, 15) is 19.4 Å². The Morgan fingerprint density at radius 2 is 0.747 bits per heavy atom. The van der Waals surface area contributed by atoms with E-state index in [0.717, 1.165) is 38.5 Å². The average Bonchev–Trinajstić information content (AvgIpc) is 3.37. The number of aliphatic hydroxyl groups is 1. The van der Waals surface area contributed by atoms with E-state index < -0.39 is 20.0 Å². The molecule has 9 heteroatoms. The summed E-state index contributed by atoms with van der Waals surface area (Å²) in [6, 6.07) is -0.900. The molecule has 3 unspecified atom stereocenters. The molecule has 0 saturated heterocycles. The van der Waals surface area contributed by atoms with Crippen molar-refractivity contribution in [1.82, 2.24) is 5.32 Å². The summed E-state index contributed by atoms with van der Waals surface area (Å²) in [4.78, 5) is 25.5. The Labute approximate surface area is 468 Å². The molecule has 0 aromatic carbocycles. The van der Waals surface area contributed by atoms with E-state index in [0.29, 0.717) is 17.4 Å². The lowest BCUT2D eigenvalue weighted by Crippen LogP contribution is -2.45. The molecule has 0 saturated carbocycles. The number of allylic oxidation sites excluding steroid dienone is 3. The number of hydrogen-bond donors (Lipinski definition) is 2. The topological polar surface area (TPSA) is 108 Å². The summed E-state index contributed by atoms with van der Waals surface area (Å²) in [6.07, 6.45) is 74.5. The van der Waals surface area contributed by atoms with Crippen LogP contribution in [0.4, 0.5) is 0 Å². The predicted molar refractivity (Wildman–Crippen MR) is 325 cm³/mol. The van der Waals surface area contributed by atoms with Gasteiger partial charge in [0.25, 0.3) is 7.82 Å². The van der Waals surface area contributed by atoms with Crippen molar-refractivity contribution in [1.29, 1.82) is 0 Å². The van der Waals surface area contributed by atoms with Gasteiger partial charge in [-0.15, -0.1) is 0 Å². The molecule has 0 heterocycles. The highest BCUT2D eigenvalue weighted by atomic mass is 31.2. The molecule has 0 aliphatic rings. The van der Waals surface area contributed by atoms with Crippen LogP contribution in [0.2, 0.25) is 0 Å². The minimum atomic E-state index is -4.60. The lowest BCUT2D eigenvalue weighted by Gasteiger charge is -2.29. The van der Waals surface area contributed by atoms with Crippen LogP contribution in [0.15, 0.2) is 24.3 Å². The number of rotatable bonds is 62. The van der Waals surface area contributed by atoms with Crippen LogP contribution in [0, 0.1) is 0 Å². The number of nitrogens with zero attached hydrogens (tertiary/aromatic N) is 1. The molecule has 0 bridgehead atoms. The SMILES string of the molecule is CCCCCCCCCCCCC/C=C/CC/C=C/C(O)C(COP(=O)([O-])OCC[N+](C)(C)C)NC(=O)CCCCCCCCCCCCCCCCCCCCCCCCCCCCCCCCCCCCCC. The van der Waals surface area contributed by atoms with Gasteiger partial charge in [0.2, 0.25) is 5.91 Å². The molecule has 2 N–H and O–H groups in total. The standard InChI is InChI=1S/C66H131N2O6P/c1-6-8-10-12-14-16-18-20-22-24-25-26-27-28-29-30-31-32-33-34-35-36-37-38-39-40-41-42-44-46-48-50-52-54-56-58-60-66(70)67-64(63-74-75(71,72)73-62-61-68(3,4)5)65(69)59-57-55-53-51-49-47-45-43-23-21-19-17-15-13-11-9-7-2/h49,51,57,59,64-65,69H,6-48,50,52-56,58,60-63H2,1-5H3,(H-,67,70,71,72)/b51-49+,59-57+. The van der Waals surface area contributed by atoms with Gasteiger partial charge < -0.3 is 28.8 Å². The summed E-state index contributed by atoms with van der Waals surface area (Å²) in [6.45, 7) is 4.68. The van der Waals surface area contributed by atoms with E-state index in [4.69, 9.17) is 9.05 Å². The quantitative estimate of drug-likeness (QED) is 0.0272. The molecule has 0 fully saturated rings. The van der Waals surface area contributed by atoms with Crippen molar-refractivity contribution >= 4 is 13.7 Å². The van der Waals surface area contributed by atoms with Crippen LogP contribution in [0.3, 0.4) is 0 Å². The first-order valence-corrected chi connectivity index (χ1v) is 34.7. The van der Waals surface area contributed by atoms with E-state index >= 15 is 0 Å². The fraction of sp³-hybridized carbons (Fsp3) is 0.924. The van der Waals surface area contributed by atoms with Crippen LogP contribution in [0.5, 0.6) is 0 Å². The van der Waals surface area contributed by atoms with Gasteiger partial charge in [-0.05, 0) is 32.1 Å².